The Bertz CT molecular complexity index is 1350. The Kier molecular flexibility index (Phi) is 8.45. The predicted octanol–water partition coefficient (Wildman–Crippen LogP) is 5.00. The maximum Gasteiger partial charge on any atom is 0.339 e. The molecule has 0 heterocycles. The number of rotatable bonds is 8. The Morgan fingerprint density at radius 2 is 1.22 bits per heavy atom. The molecule has 3 rings (SSSR count). The molecule has 0 saturated heterocycles. The van der Waals surface area contributed by atoms with Crippen LogP contribution >= 0.6 is 11.6 Å². The van der Waals surface area contributed by atoms with E-state index in [1.54, 1.807) is 42.5 Å². The number of halogens is 1. The summed E-state index contributed by atoms with van der Waals surface area (Å²) < 4.78 is 16.1. The van der Waals surface area contributed by atoms with Gasteiger partial charge in [0.15, 0.2) is 0 Å². The second-order valence-corrected chi connectivity index (χ2v) is 8.33. The molecule has 0 radical (unpaired) electrons. The van der Waals surface area contributed by atoms with E-state index in [9.17, 15) is 24.3 Å². The zero-order chi connectivity index (χ0) is 26.4. The Morgan fingerprint density at radius 3 is 1.81 bits per heavy atom. The van der Waals surface area contributed by atoms with Crippen molar-refractivity contribution in [3.63, 3.8) is 0 Å². The second kappa shape index (κ2) is 11.5. The van der Waals surface area contributed by atoms with Crippen molar-refractivity contribution in [2.75, 3.05) is 0 Å². The summed E-state index contributed by atoms with van der Waals surface area (Å²) in [5.41, 5.74) is 1.86. The molecular formula is C27H23ClO8. The number of ether oxygens (including phenoxy) is 3. The van der Waals surface area contributed by atoms with Gasteiger partial charge in [-0.25, -0.2) is 4.79 Å². The summed E-state index contributed by atoms with van der Waals surface area (Å²) in [6, 6.07) is 14.6. The highest BCUT2D eigenvalue weighted by Crippen LogP contribution is 2.36. The van der Waals surface area contributed by atoms with Crippen LogP contribution in [-0.4, -0.2) is 29.0 Å². The van der Waals surface area contributed by atoms with E-state index in [0.717, 1.165) is 0 Å². The van der Waals surface area contributed by atoms with Gasteiger partial charge in [-0.15, -0.1) is 0 Å². The number of carboxylic acids is 1. The monoisotopic (exact) mass is 510 g/mol. The number of hydrogen-bond donors (Lipinski definition) is 1. The number of para-hydroxylation sites is 2. The maximum absolute atomic E-state index is 12.0. The molecule has 0 aromatic heterocycles. The summed E-state index contributed by atoms with van der Waals surface area (Å²) in [7, 11) is 0. The minimum absolute atomic E-state index is 0.0471. The summed E-state index contributed by atoms with van der Waals surface area (Å²) >= 11 is 6.42. The van der Waals surface area contributed by atoms with Gasteiger partial charge in [-0.05, 0) is 29.8 Å². The number of carboxylic acid groups (broad SMARTS) is 1. The van der Waals surface area contributed by atoms with Gasteiger partial charge in [0.05, 0.1) is 0 Å². The Hall–Kier alpha value is -4.17. The van der Waals surface area contributed by atoms with Crippen LogP contribution in [0.4, 0.5) is 0 Å². The highest BCUT2D eigenvalue weighted by Gasteiger charge is 2.21. The fourth-order valence-corrected chi connectivity index (χ4v) is 3.98. The summed E-state index contributed by atoms with van der Waals surface area (Å²) in [5, 5.41) is 9.90. The van der Waals surface area contributed by atoms with Crippen molar-refractivity contribution in [1.29, 1.82) is 0 Å². The quantitative estimate of drug-likeness (QED) is 0.332. The number of aromatic carboxylic acids is 1. The minimum Gasteiger partial charge on any atom is -0.478 e. The van der Waals surface area contributed by atoms with Crippen LogP contribution in [0.2, 0.25) is 5.02 Å². The van der Waals surface area contributed by atoms with Crippen LogP contribution in [-0.2, 0) is 27.2 Å². The second-order valence-electron chi connectivity index (χ2n) is 7.89. The fourth-order valence-electron chi connectivity index (χ4n) is 3.72. The first kappa shape index (κ1) is 26.4. The standard InChI is InChI=1S/C27H23ClO8/c1-15(29)34-24-10-5-4-7-18(24)11-20-13-22(28)14-21(25(20)35-16(2)30)12-19-8-6-9-23(27(32)33)26(19)36-17(3)31/h4-10,13-14H,11-12H2,1-3H3,(H,32,33). The van der Waals surface area contributed by atoms with Gasteiger partial charge in [-0.3, -0.25) is 14.4 Å². The molecule has 3 aromatic carbocycles. The van der Waals surface area contributed by atoms with E-state index in [4.69, 9.17) is 25.8 Å². The zero-order valence-corrected chi connectivity index (χ0v) is 20.5. The third-order valence-electron chi connectivity index (χ3n) is 5.01. The molecule has 0 saturated carbocycles. The van der Waals surface area contributed by atoms with Gasteiger partial charge in [-0.2, -0.15) is 0 Å². The third kappa shape index (κ3) is 6.70. The van der Waals surface area contributed by atoms with Crippen molar-refractivity contribution in [1.82, 2.24) is 0 Å². The first-order valence-corrected chi connectivity index (χ1v) is 11.2. The van der Waals surface area contributed by atoms with Crippen molar-refractivity contribution in [3.05, 3.63) is 87.4 Å². The molecule has 0 atom stereocenters. The molecule has 1 N–H and O–H groups in total. The molecule has 0 unspecified atom stereocenters. The minimum atomic E-state index is -1.26. The van der Waals surface area contributed by atoms with E-state index in [2.05, 4.69) is 0 Å². The van der Waals surface area contributed by atoms with Crippen LogP contribution in [0.5, 0.6) is 17.2 Å². The van der Waals surface area contributed by atoms with E-state index >= 15 is 0 Å². The van der Waals surface area contributed by atoms with Crippen LogP contribution in [0.25, 0.3) is 0 Å². The SMILES string of the molecule is CC(=O)Oc1ccccc1Cc1cc(Cl)cc(Cc2cccc(C(=O)O)c2OC(C)=O)c1OC(C)=O. The lowest BCUT2D eigenvalue weighted by Crippen LogP contribution is -2.11. The number of esters is 3. The molecule has 36 heavy (non-hydrogen) atoms. The Balaban J connectivity index is 2.13. The molecule has 9 heteroatoms. The molecule has 8 nitrogen and oxygen atoms in total. The van der Waals surface area contributed by atoms with E-state index in [1.165, 1.54) is 32.9 Å². The number of carbonyl (C=O) groups is 4. The lowest BCUT2D eigenvalue weighted by Gasteiger charge is -2.18. The molecule has 3 aromatic rings. The summed E-state index contributed by atoms with van der Waals surface area (Å²) in [6.07, 6.45) is 0.261. The van der Waals surface area contributed by atoms with Crippen LogP contribution in [0.15, 0.2) is 54.6 Å². The average Bonchev–Trinajstić information content (AvgIpc) is 2.77. The van der Waals surface area contributed by atoms with Gasteiger partial charge in [0, 0.05) is 55.3 Å². The topological polar surface area (TPSA) is 116 Å². The molecule has 0 spiro atoms. The van der Waals surface area contributed by atoms with Gasteiger partial charge in [0.1, 0.15) is 22.8 Å². The highest BCUT2D eigenvalue weighted by molar-refractivity contribution is 6.30. The van der Waals surface area contributed by atoms with Crippen LogP contribution in [0.3, 0.4) is 0 Å². The van der Waals surface area contributed by atoms with Crippen LogP contribution < -0.4 is 14.2 Å². The van der Waals surface area contributed by atoms with Crippen molar-refractivity contribution < 1.29 is 38.5 Å². The molecule has 0 aliphatic carbocycles. The Labute approximate surface area is 212 Å². The van der Waals surface area contributed by atoms with Gasteiger partial charge in [0.25, 0.3) is 0 Å². The van der Waals surface area contributed by atoms with Crippen molar-refractivity contribution in [2.45, 2.75) is 33.6 Å². The average molecular weight is 511 g/mol. The van der Waals surface area contributed by atoms with E-state index in [-0.39, 0.29) is 29.9 Å². The van der Waals surface area contributed by atoms with E-state index in [1.807, 2.05) is 0 Å². The fraction of sp³-hybridized carbons (Fsp3) is 0.185. The zero-order valence-electron chi connectivity index (χ0n) is 19.8. The highest BCUT2D eigenvalue weighted by atomic mass is 35.5. The van der Waals surface area contributed by atoms with E-state index in [0.29, 0.717) is 33.0 Å². The first-order chi connectivity index (χ1) is 17.0. The predicted molar refractivity (Wildman–Crippen MR) is 131 cm³/mol. The summed E-state index contributed by atoms with van der Waals surface area (Å²) in [6.45, 7) is 3.72. The third-order valence-corrected chi connectivity index (χ3v) is 5.23. The molecular weight excluding hydrogens is 488 g/mol. The van der Waals surface area contributed by atoms with Crippen molar-refractivity contribution in [2.24, 2.45) is 0 Å². The largest absolute Gasteiger partial charge is 0.478 e. The van der Waals surface area contributed by atoms with Gasteiger partial charge >= 0.3 is 23.9 Å². The van der Waals surface area contributed by atoms with E-state index < -0.39 is 23.9 Å². The molecule has 0 bridgehead atoms. The normalized spacial score (nSPS) is 10.4. The molecule has 0 amide bonds. The maximum atomic E-state index is 12.0. The smallest absolute Gasteiger partial charge is 0.339 e. The van der Waals surface area contributed by atoms with Crippen molar-refractivity contribution in [3.8, 4) is 17.2 Å². The number of carbonyl (C=O) groups excluding carboxylic acids is 3. The number of hydrogen-bond acceptors (Lipinski definition) is 7. The lowest BCUT2D eigenvalue weighted by molar-refractivity contribution is -0.132. The van der Waals surface area contributed by atoms with Crippen LogP contribution in [0, 0.1) is 0 Å². The summed E-state index contributed by atoms with van der Waals surface area (Å²) in [4.78, 5) is 46.9. The first-order valence-electron chi connectivity index (χ1n) is 10.8. The summed E-state index contributed by atoms with van der Waals surface area (Å²) in [5.74, 6) is -2.53. The van der Waals surface area contributed by atoms with Crippen LogP contribution in [0.1, 0.15) is 53.4 Å². The molecule has 0 aliphatic heterocycles. The van der Waals surface area contributed by atoms with Gasteiger partial charge in [0.2, 0.25) is 0 Å². The molecule has 186 valence electrons. The Morgan fingerprint density at radius 1 is 0.694 bits per heavy atom. The lowest BCUT2D eigenvalue weighted by atomic mass is 9.95. The number of benzene rings is 3. The molecule has 0 aliphatic rings. The van der Waals surface area contributed by atoms with Crippen molar-refractivity contribution >= 4 is 35.5 Å². The van der Waals surface area contributed by atoms with Gasteiger partial charge < -0.3 is 19.3 Å². The van der Waals surface area contributed by atoms with Gasteiger partial charge in [-0.1, -0.05) is 41.9 Å². The molecule has 0 fully saturated rings.